The van der Waals surface area contributed by atoms with E-state index in [1.54, 1.807) is 6.26 Å². The van der Waals surface area contributed by atoms with Crippen LogP contribution in [0.25, 0.3) is 0 Å². The summed E-state index contributed by atoms with van der Waals surface area (Å²) in [7, 11) is 0. The fourth-order valence-corrected chi connectivity index (χ4v) is 1.11. The van der Waals surface area contributed by atoms with Gasteiger partial charge in [0, 0.05) is 5.56 Å². The Balaban J connectivity index is 3.13. The Kier molecular flexibility index (Phi) is 2.28. The first-order chi connectivity index (χ1) is 5.55. The molecule has 0 unspecified atom stereocenters. The average molecular weight is 162 g/mol. The lowest BCUT2D eigenvalue weighted by molar-refractivity contribution is 0.525. The molecule has 0 bridgehead atoms. The van der Waals surface area contributed by atoms with Crippen molar-refractivity contribution in [1.82, 2.24) is 0 Å². The van der Waals surface area contributed by atoms with Gasteiger partial charge in [-0.1, -0.05) is 26.7 Å². The first kappa shape index (κ1) is 8.93. The van der Waals surface area contributed by atoms with Crippen molar-refractivity contribution in [2.45, 2.75) is 33.1 Å². The molecule has 64 valence electrons. The van der Waals surface area contributed by atoms with E-state index in [1.807, 2.05) is 13.0 Å². The van der Waals surface area contributed by atoms with Crippen molar-refractivity contribution in [2.24, 2.45) is 0 Å². The first-order valence-electron chi connectivity index (χ1n) is 4.06. The van der Waals surface area contributed by atoms with Crippen molar-refractivity contribution in [3.05, 3.63) is 23.7 Å². The van der Waals surface area contributed by atoms with Gasteiger partial charge in [-0.05, 0) is 24.3 Å². The predicted molar refractivity (Wildman–Crippen MR) is 50.0 cm³/mol. The average Bonchev–Trinajstić information content (AvgIpc) is 2.34. The number of furan rings is 1. The zero-order valence-corrected chi connectivity index (χ0v) is 8.06. The van der Waals surface area contributed by atoms with Crippen molar-refractivity contribution in [3.8, 4) is 11.8 Å². The zero-order valence-electron chi connectivity index (χ0n) is 8.06. The maximum atomic E-state index is 5.26. The van der Waals surface area contributed by atoms with Crippen LogP contribution in [0.1, 0.15) is 39.0 Å². The minimum atomic E-state index is 0.117. The van der Waals surface area contributed by atoms with Crippen molar-refractivity contribution >= 4 is 0 Å². The molecule has 1 heteroatoms. The van der Waals surface area contributed by atoms with Crippen LogP contribution in [-0.4, -0.2) is 0 Å². The van der Waals surface area contributed by atoms with E-state index in [1.165, 1.54) is 5.56 Å². The summed E-state index contributed by atoms with van der Waals surface area (Å²) in [6.07, 6.45) is 1.69. The first-order valence-corrected chi connectivity index (χ1v) is 4.06. The third-order valence-corrected chi connectivity index (χ3v) is 1.71. The molecule has 1 aromatic heterocycles. The van der Waals surface area contributed by atoms with E-state index in [-0.39, 0.29) is 5.41 Å². The Hall–Kier alpha value is -1.16. The Morgan fingerprint density at radius 2 is 2.00 bits per heavy atom. The van der Waals surface area contributed by atoms with Crippen molar-refractivity contribution in [1.29, 1.82) is 0 Å². The Morgan fingerprint density at radius 3 is 2.50 bits per heavy atom. The topological polar surface area (TPSA) is 13.1 Å². The molecule has 0 saturated carbocycles. The standard InChI is InChI=1S/C11H14O/c1-5-6-10-9(7-8-12-10)11(2,3)4/h7-8H,1-4H3. The Labute approximate surface area is 73.8 Å². The Morgan fingerprint density at radius 1 is 1.33 bits per heavy atom. The van der Waals surface area contributed by atoms with Gasteiger partial charge in [-0.2, -0.15) is 0 Å². The molecule has 1 aromatic rings. The summed E-state index contributed by atoms with van der Waals surface area (Å²) in [4.78, 5) is 0. The fourth-order valence-electron chi connectivity index (χ4n) is 1.11. The van der Waals surface area contributed by atoms with E-state index >= 15 is 0 Å². The molecule has 0 aliphatic rings. The van der Waals surface area contributed by atoms with Crippen molar-refractivity contribution in [3.63, 3.8) is 0 Å². The summed E-state index contributed by atoms with van der Waals surface area (Å²) in [6.45, 7) is 8.27. The van der Waals surface area contributed by atoms with Crippen molar-refractivity contribution in [2.75, 3.05) is 0 Å². The maximum absolute atomic E-state index is 5.26. The van der Waals surface area contributed by atoms with Crippen molar-refractivity contribution < 1.29 is 4.42 Å². The summed E-state index contributed by atoms with van der Waals surface area (Å²) < 4.78 is 5.26. The van der Waals surface area contributed by atoms with Gasteiger partial charge < -0.3 is 4.42 Å². The number of rotatable bonds is 0. The Bertz CT molecular complexity index is 315. The van der Waals surface area contributed by atoms with Gasteiger partial charge in [-0.15, -0.1) is 0 Å². The molecule has 0 amide bonds. The van der Waals surface area contributed by atoms with E-state index in [4.69, 9.17) is 4.42 Å². The van der Waals surface area contributed by atoms with Crippen LogP contribution in [0.5, 0.6) is 0 Å². The largest absolute Gasteiger partial charge is 0.456 e. The summed E-state index contributed by atoms with van der Waals surface area (Å²) in [5.74, 6) is 6.58. The van der Waals surface area contributed by atoms with Crippen LogP contribution in [0, 0.1) is 11.8 Å². The molecule has 12 heavy (non-hydrogen) atoms. The highest BCUT2D eigenvalue weighted by molar-refractivity contribution is 5.37. The van der Waals surface area contributed by atoms with Gasteiger partial charge in [0.2, 0.25) is 0 Å². The zero-order chi connectivity index (χ0) is 9.19. The number of hydrogen-bond acceptors (Lipinski definition) is 1. The molecule has 0 radical (unpaired) electrons. The molecule has 0 aliphatic carbocycles. The highest BCUT2D eigenvalue weighted by atomic mass is 16.3. The lowest BCUT2D eigenvalue weighted by Gasteiger charge is -2.16. The van der Waals surface area contributed by atoms with Gasteiger partial charge in [0.25, 0.3) is 0 Å². The van der Waals surface area contributed by atoms with Gasteiger partial charge in [0.15, 0.2) is 5.76 Å². The molecule has 0 saturated heterocycles. The van der Waals surface area contributed by atoms with E-state index in [0.717, 1.165) is 5.76 Å². The predicted octanol–water partition coefficient (Wildman–Crippen LogP) is 2.95. The summed E-state index contributed by atoms with van der Waals surface area (Å²) >= 11 is 0. The fraction of sp³-hybridized carbons (Fsp3) is 0.455. The SMILES string of the molecule is CC#Cc1occc1C(C)(C)C. The summed E-state index contributed by atoms with van der Waals surface area (Å²) in [5, 5.41) is 0. The van der Waals surface area contributed by atoms with Gasteiger partial charge in [0.1, 0.15) is 0 Å². The van der Waals surface area contributed by atoms with E-state index in [0.29, 0.717) is 0 Å². The molecule has 0 spiro atoms. The van der Waals surface area contributed by atoms with Crippen LogP contribution in [0.15, 0.2) is 16.7 Å². The highest BCUT2D eigenvalue weighted by Crippen LogP contribution is 2.25. The molecule has 1 rings (SSSR count). The third kappa shape index (κ3) is 1.71. The second kappa shape index (κ2) is 3.06. The minimum Gasteiger partial charge on any atom is -0.456 e. The van der Waals surface area contributed by atoms with Gasteiger partial charge in [0.05, 0.1) is 6.26 Å². The van der Waals surface area contributed by atoms with Crippen LogP contribution in [0.3, 0.4) is 0 Å². The van der Waals surface area contributed by atoms with Gasteiger partial charge in [-0.25, -0.2) is 0 Å². The van der Waals surface area contributed by atoms with E-state index in [2.05, 4.69) is 32.6 Å². The van der Waals surface area contributed by atoms with Crippen LogP contribution in [0.2, 0.25) is 0 Å². The van der Waals surface area contributed by atoms with E-state index < -0.39 is 0 Å². The van der Waals surface area contributed by atoms with Crippen LogP contribution >= 0.6 is 0 Å². The van der Waals surface area contributed by atoms with E-state index in [9.17, 15) is 0 Å². The minimum absolute atomic E-state index is 0.117. The number of hydrogen-bond donors (Lipinski definition) is 0. The van der Waals surface area contributed by atoms with Gasteiger partial charge in [-0.3, -0.25) is 0 Å². The quantitative estimate of drug-likeness (QED) is 0.534. The van der Waals surface area contributed by atoms with Gasteiger partial charge >= 0.3 is 0 Å². The normalized spacial score (nSPS) is 10.7. The highest BCUT2D eigenvalue weighted by Gasteiger charge is 2.18. The second-order valence-electron chi connectivity index (χ2n) is 3.79. The molecule has 0 fully saturated rings. The van der Waals surface area contributed by atoms with Crippen LogP contribution in [-0.2, 0) is 5.41 Å². The molecule has 0 aliphatic heterocycles. The van der Waals surface area contributed by atoms with Crippen LogP contribution < -0.4 is 0 Å². The second-order valence-corrected chi connectivity index (χ2v) is 3.79. The molecule has 0 N–H and O–H groups in total. The summed E-state index contributed by atoms with van der Waals surface area (Å²) in [5.41, 5.74) is 1.29. The maximum Gasteiger partial charge on any atom is 0.180 e. The lowest BCUT2D eigenvalue weighted by atomic mass is 9.87. The lowest BCUT2D eigenvalue weighted by Crippen LogP contribution is -2.11. The molecular formula is C11H14O. The van der Waals surface area contributed by atoms with Crippen LogP contribution in [0.4, 0.5) is 0 Å². The monoisotopic (exact) mass is 162 g/mol. The molecular weight excluding hydrogens is 148 g/mol. The molecule has 1 nitrogen and oxygen atoms in total. The molecule has 0 atom stereocenters. The third-order valence-electron chi connectivity index (χ3n) is 1.71. The molecule has 0 aromatic carbocycles. The molecule has 1 heterocycles. The summed E-state index contributed by atoms with van der Waals surface area (Å²) in [6, 6.07) is 1.99. The smallest absolute Gasteiger partial charge is 0.180 e.